The number of aryl methyl sites for hydroxylation is 2. The van der Waals surface area contributed by atoms with Crippen LogP contribution >= 0.6 is 11.3 Å². The highest BCUT2D eigenvalue weighted by molar-refractivity contribution is 7.18. The van der Waals surface area contributed by atoms with Gasteiger partial charge in [0.05, 0.1) is 5.39 Å². The number of anilines is 1. The summed E-state index contributed by atoms with van der Waals surface area (Å²) in [6, 6.07) is 8.26. The fourth-order valence-corrected chi connectivity index (χ4v) is 6.08. The van der Waals surface area contributed by atoms with E-state index >= 15 is 0 Å². The number of aromatic nitrogens is 3. The fourth-order valence-electron chi connectivity index (χ4n) is 4.82. The van der Waals surface area contributed by atoms with E-state index in [2.05, 4.69) is 23.1 Å². The van der Waals surface area contributed by atoms with Crippen molar-refractivity contribution >= 4 is 43.8 Å². The van der Waals surface area contributed by atoms with E-state index in [4.69, 9.17) is 10.1 Å². The van der Waals surface area contributed by atoms with Gasteiger partial charge in [0.15, 0.2) is 11.5 Å². The third-order valence-corrected chi connectivity index (χ3v) is 7.41. The molecule has 28 heavy (non-hydrogen) atoms. The van der Waals surface area contributed by atoms with Crippen molar-refractivity contribution < 1.29 is 0 Å². The minimum Gasteiger partial charge on any atom is -0.355 e. The minimum atomic E-state index is 0.00316. The van der Waals surface area contributed by atoms with E-state index < -0.39 is 0 Å². The molecule has 0 spiro atoms. The van der Waals surface area contributed by atoms with Gasteiger partial charge in [-0.25, -0.2) is 4.98 Å². The molecule has 0 radical (unpaired) electrons. The van der Waals surface area contributed by atoms with Crippen molar-refractivity contribution in [1.29, 1.82) is 0 Å². The van der Waals surface area contributed by atoms with Crippen molar-refractivity contribution in [1.82, 2.24) is 14.6 Å². The van der Waals surface area contributed by atoms with Crippen molar-refractivity contribution in [3.8, 4) is 0 Å². The summed E-state index contributed by atoms with van der Waals surface area (Å²) in [6.45, 7) is 2.00. The summed E-state index contributed by atoms with van der Waals surface area (Å²) in [4.78, 5) is 23.1. The van der Waals surface area contributed by atoms with Gasteiger partial charge in [0.1, 0.15) is 4.83 Å². The van der Waals surface area contributed by atoms with E-state index in [-0.39, 0.29) is 5.56 Å². The Bertz CT molecular complexity index is 1280. The van der Waals surface area contributed by atoms with Crippen LogP contribution in [0.4, 0.5) is 5.82 Å². The summed E-state index contributed by atoms with van der Waals surface area (Å²) >= 11 is 1.71. The first-order valence-corrected chi connectivity index (χ1v) is 11.1. The van der Waals surface area contributed by atoms with Crippen LogP contribution in [0.3, 0.4) is 0 Å². The molecular formula is C22H22N4OS. The van der Waals surface area contributed by atoms with Crippen molar-refractivity contribution in [3.05, 3.63) is 45.1 Å². The second-order valence-electron chi connectivity index (χ2n) is 7.96. The first kappa shape index (κ1) is 16.5. The Hall–Kier alpha value is -2.47. The van der Waals surface area contributed by atoms with E-state index in [9.17, 15) is 4.79 Å². The molecule has 142 valence electrons. The van der Waals surface area contributed by atoms with Crippen molar-refractivity contribution in [3.63, 3.8) is 0 Å². The molecule has 5 nitrogen and oxygen atoms in total. The predicted octanol–water partition coefficient (Wildman–Crippen LogP) is 4.33. The lowest BCUT2D eigenvalue weighted by molar-refractivity contribution is 0.571. The summed E-state index contributed by atoms with van der Waals surface area (Å²) < 4.78 is 1.58. The third-order valence-electron chi connectivity index (χ3n) is 6.23. The number of hydrogen-bond donors (Lipinski definition) is 0. The minimum absolute atomic E-state index is 0.00316. The second-order valence-corrected chi connectivity index (χ2v) is 9.04. The van der Waals surface area contributed by atoms with Gasteiger partial charge in [-0.3, -0.25) is 4.79 Å². The lowest BCUT2D eigenvalue weighted by Crippen LogP contribution is -2.32. The summed E-state index contributed by atoms with van der Waals surface area (Å²) in [5.41, 5.74) is 1.92. The standard InChI is InChI=1S/C22H22N4OS/c27-22-18-16-10-4-5-11-17(16)28-21(18)23-19-14-8-2-3-9-15(14)20(24-26(19)22)25-12-6-1-7-13-25/h2-3,8-9H,1,4-7,10-13H2. The molecule has 0 unspecified atom stereocenters. The van der Waals surface area contributed by atoms with Crippen LogP contribution in [-0.2, 0) is 12.8 Å². The molecule has 1 aromatic carbocycles. The Morgan fingerprint density at radius 3 is 2.57 bits per heavy atom. The number of fused-ring (bicyclic) bond motifs is 6. The Labute approximate surface area is 166 Å². The normalized spacial score (nSPS) is 17.5. The smallest absolute Gasteiger partial charge is 0.283 e. The molecule has 0 bridgehead atoms. The highest BCUT2D eigenvalue weighted by Crippen LogP contribution is 2.35. The van der Waals surface area contributed by atoms with Gasteiger partial charge < -0.3 is 4.90 Å². The number of thiophene rings is 1. The number of nitrogens with zero attached hydrogens (tertiary/aromatic N) is 4. The van der Waals surface area contributed by atoms with E-state index in [1.54, 1.807) is 15.9 Å². The van der Waals surface area contributed by atoms with Crippen LogP contribution in [0, 0.1) is 0 Å². The van der Waals surface area contributed by atoms with Crippen molar-refractivity contribution in [2.75, 3.05) is 18.0 Å². The molecule has 0 saturated carbocycles. The van der Waals surface area contributed by atoms with Crippen molar-refractivity contribution in [2.45, 2.75) is 44.9 Å². The third kappa shape index (κ3) is 2.33. The summed E-state index contributed by atoms with van der Waals surface area (Å²) in [5.74, 6) is 0.926. The molecule has 1 fully saturated rings. The van der Waals surface area contributed by atoms with Gasteiger partial charge in [0.2, 0.25) is 0 Å². The van der Waals surface area contributed by atoms with E-state index in [1.165, 1.54) is 36.1 Å². The van der Waals surface area contributed by atoms with Gasteiger partial charge in [-0.1, -0.05) is 24.3 Å². The van der Waals surface area contributed by atoms with E-state index in [0.717, 1.165) is 59.2 Å². The zero-order chi connectivity index (χ0) is 18.7. The Balaban J connectivity index is 1.72. The van der Waals surface area contributed by atoms with Gasteiger partial charge >= 0.3 is 0 Å². The van der Waals surface area contributed by atoms with Crippen LogP contribution in [-0.4, -0.2) is 27.7 Å². The molecule has 6 rings (SSSR count). The molecule has 6 heteroatoms. The van der Waals surface area contributed by atoms with E-state index in [0.29, 0.717) is 5.65 Å². The van der Waals surface area contributed by atoms with Gasteiger partial charge in [-0.15, -0.1) is 16.4 Å². The number of benzene rings is 1. The summed E-state index contributed by atoms with van der Waals surface area (Å²) in [6.07, 6.45) is 8.06. The number of piperidine rings is 1. The molecule has 1 aliphatic heterocycles. The van der Waals surface area contributed by atoms with Crippen LogP contribution < -0.4 is 10.5 Å². The first-order valence-electron chi connectivity index (χ1n) is 10.3. The Morgan fingerprint density at radius 1 is 0.929 bits per heavy atom. The fraction of sp³-hybridized carbons (Fsp3) is 0.409. The first-order chi connectivity index (χ1) is 13.8. The lowest BCUT2D eigenvalue weighted by atomic mass is 9.97. The molecule has 0 amide bonds. The van der Waals surface area contributed by atoms with Gasteiger partial charge in [0.25, 0.3) is 5.56 Å². The Morgan fingerprint density at radius 2 is 1.71 bits per heavy atom. The van der Waals surface area contributed by atoms with Crippen molar-refractivity contribution in [2.24, 2.45) is 0 Å². The largest absolute Gasteiger partial charge is 0.355 e. The highest BCUT2D eigenvalue weighted by atomic mass is 32.1. The van der Waals surface area contributed by atoms with Crippen LogP contribution in [0.5, 0.6) is 0 Å². The summed E-state index contributed by atoms with van der Waals surface area (Å²) in [5, 5.41) is 7.80. The molecule has 4 aromatic rings. The molecule has 4 heterocycles. The molecular weight excluding hydrogens is 368 g/mol. The molecule has 2 aliphatic rings. The molecule has 0 N–H and O–H groups in total. The highest BCUT2D eigenvalue weighted by Gasteiger charge is 2.23. The predicted molar refractivity (Wildman–Crippen MR) is 115 cm³/mol. The number of rotatable bonds is 1. The SMILES string of the molecule is O=c1c2c3c(sc2nc2c4ccccc4c(N4CCCCC4)nn12)CCCC3. The maximum Gasteiger partial charge on any atom is 0.283 e. The average Bonchev–Trinajstić information content (AvgIpc) is 3.13. The zero-order valence-electron chi connectivity index (χ0n) is 15.8. The molecule has 3 aromatic heterocycles. The van der Waals surface area contributed by atoms with Crippen LogP contribution in [0.2, 0.25) is 0 Å². The quantitative estimate of drug-likeness (QED) is 0.454. The van der Waals surface area contributed by atoms with Crippen LogP contribution in [0.25, 0.3) is 26.6 Å². The molecule has 1 saturated heterocycles. The topological polar surface area (TPSA) is 50.5 Å². The average molecular weight is 391 g/mol. The monoisotopic (exact) mass is 390 g/mol. The second kappa shape index (κ2) is 6.27. The van der Waals surface area contributed by atoms with Crippen LogP contribution in [0.1, 0.15) is 42.5 Å². The van der Waals surface area contributed by atoms with Gasteiger partial charge in [0, 0.05) is 28.7 Å². The zero-order valence-corrected chi connectivity index (χ0v) is 16.6. The summed E-state index contributed by atoms with van der Waals surface area (Å²) in [7, 11) is 0. The number of hydrogen-bond acceptors (Lipinski definition) is 5. The Kier molecular flexibility index (Phi) is 3.69. The van der Waals surface area contributed by atoms with Gasteiger partial charge in [-0.2, -0.15) is 4.52 Å². The maximum atomic E-state index is 13.5. The van der Waals surface area contributed by atoms with Crippen LogP contribution in [0.15, 0.2) is 29.1 Å². The molecule has 0 atom stereocenters. The van der Waals surface area contributed by atoms with Gasteiger partial charge in [-0.05, 0) is 50.5 Å². The molecule has 1 aliphatic carbocycles. The maximum absolute atomic E-state index is 13.5. The lowest BCUT2D eigenvalue weighted by Gasteiger charge is -2.28. The van der Waals surface area contributed by atoms with E-state index in [1.807, 2.05) is 6.07 Å².